The Bertz CT molecular complexity index is 1020. The molecule has 1 fully saturated rings. The smallest absolute Gasteiger partial charge is 0.229 e. The Morgan fingerprint density at radius 2 is 1.53 bits per heavy atom. The summed E-state index contributed by atoms with van der Waals surface area (Å²) in [6.45, 7) is -1.07. The molecule has 0 spiro atoms. The summed E-state index contributed by atoms with van der Waals surface area (Å²) in [4.78, 5) is 0. The van der Waals surface area contributed by atoms with E-state index in [0.717, 1.165) is 5.56 Å². The van der Waals surface area contributed by atoms with Gasteiger partial charge in [0.05, 0.1) is 27.4 Å². The fourth-order valence-corrected chi connectivity index (χ4v) is 4.08. The summed E-state index contributed by atoms with van der Waals surface area (Å²) in [5, 5.41) is 69.5. The van der Waals surface area contributed by atoms with Crippen molar-refractivity contribution < 1.29 is 59.4 Å². The van der Waals surface area contributed by atoms with Crippen molar-refractivity contribution in [3.8, 4) is 23.0 Å². The number of aliphatic hydroxyl groups excluding tert-OH is 7. The average molecular weight is 541 g/mol. The number of hydrogen-bond acceptors (Lipinski definition) is 12. The second-order valence-electron chi connectivity index (χ2n) is 8.82. The lowest BCUT2D eigenvalue weighted by Crippen LogP contribution is -2.60. The highest BCUT2D eigenvalue weighted by atomic mass is 16.7. The number of aliphatic hydroxyl groups is 7. The second kappa shape index (κ2) is 13.9. The van der Waals surface area contributed by atoms with Gasteiger partial charge in [-0.25, -0.2) is 0 Å². The zero-order valence-electron chi connectivity index (χ0n) is 21.2. The molecule has 2 aromatic rings. The molecule has 7 N–H and O–H groups in total. The van der Waals surface area contributed by atoms with Crippen molar-refractivity contribution in [3.05, 3.63) is 47.5 Å². The van der Waals surface area contributed by atoms with Gasteiger partial charge in [-0.1, -0.05) is 12.1 Å². The average Bonchev–Trinajstić information content (AvgIpc) is 2.94. The molecular weight excluding hydrogens is 504 g/mol. The third-order valence-electron chi connectivity index (χ3n) is 6.28. The van der Waals surface area contributed by atoms with Gasteiger partial charge >= 0.3 is 0 Å². The van der Waals surface area contributed by atoms with Gasteiger partial charge in [-0.05, 0) is 48.2 Å². The molecule has 3 rings (SSSR count). The van der Waals surface area contributed by atoms with Crippen LogP contribution >= 0.6 is 0 Å². The van der Waals surface area contributed by atoms with Crippen LogP contribution in [0.1, 0.15) is 23.7 Å². The van der Waals surface area contributed by atoms with Crippen LogP contribution in [0.25, 0.3) is 0 Å². The number of benzene rings is 2. The topological polar surface area (TPSA) is 188 Å². The largest absolute Gasteiger partial charge is 0.493 e. The molecule has 0 saturated carbocycles. The van der Waals surface area contributed by atoms with E-state index in [4.69, 9.17) is 28.8 Å². The minimum Gasteiger partial charge on any atom is -0.493 e. The van der Waals surface area contributed by atoms with Crippen LogP contribution in [0.4, 0.5) is 0 Å². The van der Waals surface area contributed by atoms with Crippen LogP contribution < -0.4 is 18.9 Å². The summed E-state index contributed by atoms with van der Waals surface area (Å²) in [6.07, 6.45) is -8.44. The summed E-state index contributed by atoms with van der Waals surface area (Å²) in [6, 6.07) is 9.62. The molecule has 1 aliphatic rings. The van der Waals surface area contributed by atoms with Gasteiger partial charge < -0.3 is 59.4 Å². The highest BCUT2D eigenvalue weighted by Gasteiger charge is 2.45. The molecular formula is C26H36O12. The highest BCUT2D eigenvalue weighted by Crippen LogP contribution is 2.36. The summed E-state index contributed by atoms with van der Waals surface area (Å²) < 4.78 is 27.6. The van der Waals surface area contributed by atoms with E-state index in [-0.39, 0.29) is 18.1 Å². The van der Waals surface area contributed by atoms with E-state index in [1.807, 2.05) is 6.07 Å². The molecule has 0 radical (unpaired) electrons. The molecule has 0 amide bonds. The molecule has 1 saturated heterocycles. The van der Waals surface area contributed by atoms with Crippen molar-refractivity contribution in [2.24, 2.45) is 0 Å². The molecule has 0 aliphatic carbocycles. The Morgan fingerprint density at radius 1 is 0.842 bits per heavy atom. The fourth-order valence-electron chi connectivity index (χ4n) is 4.08. The molecule has 12 nitrogen and oxygen atoms in total. The van der Waals surface area contributed by atoms with E-state index in [1.165, 1.54) is 32.4 Å². The molecule has 38 heavy (non-hydrogen) atoms. The summed E-state index contributed by atoms with van der Waals surface area (Å²) in [5.74, 6) is 0.954. The van der Waals surface area contributed by atoms with Crippen LogP contribution in [0.15, 0.2) is 36.4 Å². The molecule has 0 aromatic heterocycles. The molecule has 12 heteroatoms. The summed E-state index contributed by atoms with van der Waals surface area (Å²) in [7, 11) is 2.83. The van der Waals surface area contributed by atoms with E-state index in [2.05, 4.69) is 0 Å². The predicted octanol–water partition coefficient (Wildman–Crippen LogP) is -0.719. The number of aryl methyl sites for hydroxylation is 1. The molecule has 2 aromatic carbocycles. The second-order valence-corrected chi connectivity index (χ2v) is 8.82. The first kappa shape index (κ1) is 29.9. The first-order valence-electron chi connectivity index (χ1n) is 12.2. The highest BCUT2D eigenvalue weighted by molar-refractivity contribution is 5.45. The van der Waals surface area contributed by atoms with E-state index in [9.17, 15) is 30.6 Å². The van der Waals surface area contributed by atoms with Gasteiger partial charge in [0.15, 0.2) is 29.1 Å². The van der Waals surface area contributed by atoms with Crippen molar-refractivity contribution in [2.45, 2.75) is 55.8 Å². The van der Waals surface area contributed by atoms with E-state index in [1.54, 1.807) is 12.1 Å². The fraction of sp³-hybridized carbons (Fsp3) is 0.538. The maximum absolute atomic E-state index is 11.0. The lowest BCUT2D eigenvalue weighted by molar-refractivity contribution is -0.277. The number of hydrogen-bond donors (Lipinski definition) is 7. The van der Waals surface area contributed by atoms with E-state index in [0.29, 0.717) is 29.9 Å². The maximum Gasteiger partial charge on any atom is 0.229 e. The summed E-state index contributed by atoms with van der Waals surface area (Å²) >= 11 is 0. The zero-order valence-corrected chi connectivity index (χ0v) is 21.2. The van der Waals surface area contributed by atoms with Gasteiger partial charge in [0.1, 0.15) is 30.5 Å². The van der Waals surface area contributed by atoms with Crippen molar-refractivity contribution in [1.82, 2.24) is 0 Å². The van der Waals surface area contributed by atoms with E-state index >= 15 is 0 Å². The third-order valence-corrected chi connectivity index (χ3v) is 6.28. The van der Waals surface area contributed by atoms with Gasteiger partial charge in [0.25, 0.3) is 0 Å². The SMILES string of the molecule is COc1cc(CCCO)ccc1OC(CO)C(O)c1ccc(O[C@@H]2O[C@H](CO)[C@@H](O)[C@H](O)[C@H]2O)c(OC)c1. The lowest BCUT2D eigenvalue weighted by atomic mass is 9.99. The van der Waals surface area contributed by atoms with Crippen LogP contribution in [-0.4, -0.2) is 107 Å². The standard InChI is InChI=1S/C26H36O12/c1-34-18-10-14(4-3-9-27)5-7-16(18)36-20(12-28)22(30)15-6-8-17(19(11-15)35-2)37-26-25(33)24(32)23(31)21(13-29)38-26/h5-8,10-11,20-33H,3-4,9,12-13H2,1-2H3/t20?,21-,22?,23-,24+,25-,26-/m1/s1. The minimum absolute atomic E-state index is 0.0646. The van der Waals surface area contributed by atoms with Crippen LogP contribution in [-0.2, 0) is 11.2 Å². The van der Waals surface area contributed by atoms with Crippen molar-refractivity contribution in [2.75, 3.05) is 34.0 Å². The third kappa shape index (κ3) is 6.84. The maximum atomic E-state index is 11.0. The van der Waals surface area contributed by atoms with Gasteiger partial charge in [-0.15, -0.1) is 0 Å². The zero-order chi connectivity index (χ0) is 27.8. The number of methoxy groups -OCH3 is 2. The van der Waals surface area contributed by atoms with Gasteiger partial charge in [-0.3, -0.25) is 0 Å². The molecule has 0 bridgehead atoms. The van der Waals surface area contributed by atoms with Crippen LogP contribution in [0.2, 0.25) is 0 Å². The Hall–Kier alpha value is -2.68. The predicted molar refractivity (Wildman–Crippen MR) is 132 cm³/mol. The Labute approximate surface area is 220 Å². The van der Waals surface area contributed by atoms with E-state index < -0.39 is 56.1 Å². The van der Waals surface area contributed by atoms with Gasteiger partial charge in [0, 0.05) is 6.61 Å². The normalized spacial score (nSPS) is 24.9. The van der Waals surface area contributed by atoms with Gasteiger partial charge in [-0.2, -0.15) is 0 Å². The van der Waals surface area contributed by atoms with Crippen LogP contribution in [0, 0.1) is 0 Å². The first-order chi connectivity index (χ1) is 18.3. The Kier molecular flexibility index (Phi) is 10.9. The number of rotatable bonds is 13. The Balaban J connectivity index is 1.76. The van der Waals surface area contributed by atoms with Gasteiger partial charge in [0.2, 0.25) is 6.29 Å². The molecule has 2 unspecified atom stereocenters. The molecule has 7 atom stereocenters. The van der Waals surface area contributed by atoms with Crippen LogP contribution in [0.3, 0.4) is 0 Å². The monoisotopic (exact) mass is 540 g/mol. The van der Waals surface area contributed by atoms with Crippen molar-refractivity contribution >= 4 is 0 Å². The van der Waals surface area contributed by atoms with Crippen molar-refractivity contribution in [1.29, 1.82) is 0 Å². The minimum atomic E-state index is -1.61. The van der Waals surface area contributed by atoms with Crippen LogP contribution in [0.5, 0.6) is 23.0 Å². The molecule has 212 valence electrons. The molecule has 1 heterocycles. The number of ether oxygens (including phenoxy) is 5. The Morgan fingerprint density at radius 3 is 2.16 bits per heavy atom. The molecule has 1 aliphatic heterocycles. The lowest BCUT2D eigenvalue weighted by Gasteiger charge is -2.39. The van der Waals surface area contributed by atoms with Crippen molar-refractivity contribution in [3.63, 3.8) is 0 Å². The summed E-state index contributed by atoms with van der Waals surface area (Å²) in [5.41, 5.74) is 1.25. The first-order valence-corrected chi connectivity index (χ1v) is 12.2. The quantitative estimate of drug-likeness (QED) is 0.169.